The molecule has 0 unspecified atom stereocenters. The van der Waals surface area contributed by atoms with Gasteiger partial charge in [-0.15, -0.1) is 0 Å². The Bertz CT molecular complexity index is 576. The van der Waals surface area contributed by atoms with Crippen molar-refractivity contribution in [3.63, 3.8) is 0 Å². The second-order valence-corrected chi connectivity index (χ2v) is 5.87. The average Bonchev–Trinajstić information content (AvgIpc) is 2.84. The fraction of sp³-hybridized carbons (Fsp3) is 0.357. The SMILES string of the molecule is NC(=O)[C@@H](Cc1cccc(Br)c1)NC(=O)[C@@H]1CCC(=O)N1. The van der Waals surface area contributed by atoms with Crippen LogP contribution >= 0.6 is 15.9 Å². The van der Waals surface area contributed by atoms with E-state index in [4.69, 9.17) is 5.73 Å². The first-order chi connectivity index (χ1) is 9.95. The van der Waals surface area contributed by atoms with E-state index in [0.717, 1.165) is 10.0 Å². The molecule has 0 spiro atoms. The monoisotopic (exact) mass is 353 g/mol. The second-order valence-electron chi connectivity index (χ2n) is 4.96. The number of nitrogens with two attached hydrogens (primary N) is 1. The van der Waals surface area contributed by atoms with Crippen LogP contribution < -0.4 is 16.4 Å². The number of primary amides is 1. The van der Waals surface area contributed by atoms with Crippen molar-refractivity contribution in [2.75, 3.05) is 0 Å². The third kappa shape index (κ3) is 4.29. The third-order valence-corrected chi connectivity index (χ3v) is 3.79. The molecule has 21 heavy (non-hydrogen) atoms. The quantitative estimate of drug-likeness (QED) is 0.706. The molecule has 6 nitrogen and oxygen atoms in total. The summed E-state index contributed by atoms with van der Waals surface area (Å²) in [6.45, 7) is 0. The van der Waals surface area contributed by atoms with Crippen LogP contribution in [0.5, 0.6) is 0 Å². The lowest BCUT2D eigenvalue weighted by Gasteiger charge is -2.18. The number of amides is 3. The molecule has 1 aromatic carbocycles. The summed E-state index contributed by atoms with van der Waals surface area (Å²) in [5.41, 5.74) is 6.22. The molecule has 0 saturated carbocycles. The maximum atomic E-state index is 12.0. The molecule has 0 aromatic heterocycles. The molecule has 1 saturated heterocycles. The lowest BCUT2D eigenvalue weighted by atomic mass is 10.0. The van der Waals surface area contributed by atoms with Gasteiger partial charge < -0.3 is 16.4 Å². The van der Waals surface area contributed by atoms with E-state index in [1.54, 1.807) is 0 Å². The molecule has 1 heterocycles. The van der Waals surface area contributed by atoms with Crippen LogP contribution in [0.1, 0.15) is 18.4 Å². The highest BCUT2D eigenvalue weighted by molar-refractivity contribution is 9.10. The van der Waals surface area contributed by atoms with Gasteiger partial charge in [-0.25, -0.2) is 0 Å². The average molecular weight is 354 g/mol. The molecule has 0 aliphatic carbocycles. The summed E-state index contributed by atoms with van der Waals surface area (Å²) in [5, 5.41) is 5.16. The normalized spacial score (nSPS) is 18.9. The number of nitrogens with one attached hydrogen (secondary N) is 2. The lowest BCUT2D eigenvalue weighted by Crippen LogP contribution is -2.51. The number of hydrogen-bond donors (Lipinski definition) is 3. The van der Waals surface area contributed by atoms with Crippen LogP contribution in [0, 0.1) is 0 Å². The molecular formula is C14H16BrN3O3. The number of carbonyl (C=O) groups excluding carboxylic acids is 3. The highest BCUT2D eigenvalue weighted by Crippen LogP contribution is 2.13. The Morgan fingerprint density at radius 1 is 1.48 bits per heavy atom. The minimum Gasteiger partial charge on any atom is -0.368 e. The van der Waals surface area contributed by atoms with E-state index in [2.05, 4.69) is 26.6 Å². The fourth-order valence-corrected chi connectivity index (χ4v) is 2.65. The predicted octanol–water partition coefficient (Wildman–Crippen LogP) is 0.240. The Balaban J connectivity index is 2.00. The van der Waals surface area contributed by atoms with Crippen molar-refractivity contribution in [3.8, 4) is 0 Å². The number of halogens is 1. The van der Waals surface area contributed by atoms with Gasteiger partial charge in [-0.1, -0.05) is 28.1 Å². The Labute approximate surface area is 130 Å². The van der Waals surface area contributed by atoms with Crippen molar-refractivity contribution in [1.82, 2.24) is 10.6 Å². The van der Waals surface area contributed by atoms with Crippen LogP contribution in [0.15, 0.2) is 28.7 Å². The molecular weight excluding hydrogens is 338 g/mol. The first-order valence-electron chi connectivity index (χ1n) is 6.59. The fourth-order valence-electron chi connectivity index (χ4n) is 2.21. The minimum atomic E-state index is -0.802. The van der Waals surface area contributed by atoms with Gasteiger partial charge in [0.1, 0.15) is 12.1 Å². The summed E-state index contributed by atoms with van der Waals surface area (Å²) in [6.07, 6.45) is 1.07. The van der Waals surface area contributed by atoms with Gasteiger partial charge in [-0.2, -0.15) is 0 Å². The summed E-state index contributed by atoms with van der Waals surface area (Å²) in [7, 11) is 0. The lowest BCUT2D eigenvalue weighted by molar-refractivity contribution is -0.129. The Morgan fingerprint density at radius 2 is 2.24 bits per heavy atom. The topological polar surface area (TPSA) is 101 Å². The molecule has 1 fully saturated rings. The smallest absolute Gasteiger partial charge is 0.243 e. The van der Waals surface area contributed by atoms with Gasteiger partial charge in [0.25, 0.3) is 0 Å². The summed E-state index contributed by atoms with van der Waals surface area (Å²) in [5.74, 6) is -1.13. The molecule has 1 aliphatic heterocycles. The molecule has 112 valence electrons. The minimum absolute atomic E-state index is 0.155. The predicted molar refractivity (Wildman–Crippen MR) is 80.1 cm³/mol. The largest absolute Gasteiger partial charge is 0.368 e. The van der Waals surface area contributed by atoms with Gasteiger partial charge in [0.05, 0.1) is 0 Å². The highest BCUT2D eigenvalue weighted by atomic mass is 79.9. The van der Waals surface area contributed by atoms with Gasteiger partial charge in [-0.3, -0.25) is 14.4 Å². The number of benzene rings is 1. The van der Waals surface area contributed by atoms with Gasteiger partial charge in [0, 0.05) is 17.3 Å². The zero-order valence-corrected chi connectivity index (χ0v) is 12.9. The van der Waals surface area contributed by atoms with Crippen LogP contribution in [0.4, 0.5) is 0 Å². The third-order valence-electron chi connectivity index (χ3n) is 3.30. The van der Waals surface area contributed by atoms with Crippen LogP contribution in [0.2, 0.25) is 0 Å². The maximum Gasteiger partial charge on any atom is 0.243 e. The van der Waals surface area contributed by atoms with Crippen molar-refractivity contribution in [3.05, 3.63) is 34.3 Å². The number of carbonyl (C=O) groups is 3. The van der Waals surface area contributed by atoms with Crippen molar-refractivity contribution in [2.45, 2.75) is 31.3 Å². The zero-order chi connectivity index (χ0) is 15.4. The number of rotatable bonds is 5. The standard InChI is InChI=1S/C14H16BrN3O3/c15-9-3-1-2-8(6-9)7-11(13(16)20)18-14(21)10-4-5-12(19)17-10/h1-3,6,10-11H,4-5,7H2,(H2,16,20)(H,17,19)(H,18,21)/t10-,11+/m0/s1. The first kappa shape index (κ1) is 15.5. The Kier molecular flexibility index (Phi) is 4.95. The summed E-state index contributed by atoms with van der Waals surface area (Å²) >= 11 is 3.35. The van der Waals surface area contributed by atoms with E-state index in [-0.39, 0.29) is 11.8 Å². The van der Waals surface area contributed by atoms with Crippen molar-refractivity contribution >= 4 is 33.7 Å². The van der Waals surface area contributed by atoms with Crippen molar-refractivity contribution < 1.29 is 14.4 Å². The van der Waals surface area contributed by atoms with Crippen molar-refractivity contribution in [2.24, 2.45) is 5.73 Å². The van der Waals surface area contributed by atoms with Crippen LogP contribution in [-0.2, 0) is 20.8 Å². The molecule has 2 atom stereocenters. The van der Waals surface area contributed by atoms with Gasteiger partial charge in [-0.05, 0) is 24.1 Å². The molecule has 1 aliphatic rings. The van der Waals surface area contributed by atoms with E-state index < -0.39 is 18.0 Å². The number of hydrogen-bond acceptors (Lipinski definition) is 3. The molecule has 7 heteroatoms. The van der Waals surface area contributed by atoms with Crippen molar-refractivity contribution in [1.29, 1.82) is 0 Å². The second kappa shape index (κ2) is 6.71. The van der Waals surface area contributed by atoms with E-state index in [1.807, 2.05) is 24.3 Å². The van der Waals surface area contributed by atoms with Crippen LogP contribution in [0.25, 0.3) is 0 Å². The highest BCUT2D eigenvalue weighted by Gasteiger charge is 2.29. The first-order valence-corrected chi connectivity index (χ1v) is 7.38. The Morgan fingerprint density at radius 3 is 2.81 bits per heavy atom. The molecule has 0 bridgehead atoms. The van der Waals surface area contributed by atoms with Gasteiger partial charge in [0.15, 0.2) is 0 Å². The summed E-state index contributed by atoms with van der Waals surface area (Å²) in [6, 6.07) is 6.04. The Hall–Kier alpha value is -1.89. The maximum absolute atomic E-state index is 12.0. The van der Waals surface area contributed by atoms with E-state index >= 15 is 0 Å². The van der Waals surface area contributed by atoms with E-state index in [1.165, 1.54) is 0 Å². The zero-order valence-electron chi connectivity index (χ0n) is 11.3. The summed E-state index contributed by atoms with van der Waals surface area (Å²) in [4.78, 5) is 34.7. The van der Waals surface area contributed by atoms with Gasteiger partial charge in [0.2, 0.25) is 17.7 Å². The van der Waals surface area contributed by atoms with E-state index in [0.29, 0.717) is 19.3 Å². The molecule has 1 aromatic rings. The molecule has 4 N–H and O–H groups in total. The van der Waals surface area contributed by atoms with Gasteiger partial charge >= 0.3 is 0 Å². The molecule has 3 amide bonds. The van der Waals surface area contributed by atoms with E-state index in [9.17, 15) is 14.4 Å². The summed E-state index contributed by atoms with van der Waals surface area (Å²) < 4.78 is 0.887. The van der Waals surface area contributed by atoms with Crippen LogP contribution in [0.3, 0.4) is 0 Å². The van der Waals surface area contributed by atoms with Crippen LogP contribution in [-0.4, -0.2) is 29.8 Å². The molecule has 0 radical (unpaired) electrons. The molecule has 2 rings (SSSR count).